The molecule has 3 heterocycles. The van der Waals surface area contributed by atoms with Gasteiger partial charge in [-0.1, -0.05) is 12.1 Å². The molecule has 2 aliphatic heterocycles. The molecule has 1 saturated heterocycles. The van der Waals surface area contributed by atoms with E-state index in [4.69, 9.17) is 9.47 Å². The number of ether oxygens (including phenoxy) is 2. The number of carboxylic acid groups (broad SMARTS) is 1. The Morgan fingerprint density at radius 3 is 2.46 bits per heavy atom. The number of benzene rings is 3. The average molecular weight is 704 g/mol. The Balaban J connectivity index is 1.31. The van der Waals surface area contributed by atoms with E-state index in [2.05, 4.69) is 5.32 Å². The third-order valence-corrected chi connectivity index (χ3v) is 9.18. The molecule has 1 fully saturated rings. The summed E-state index contributed by atoms with van der Waals surface area (Å²) in [4.78, 5) is 39.8. The lowest BCUT2D eigenvalue weighted by Gasteiger charge is -2.38. The van der Waals surface area contributed by atoms with Crippen LogP contribution in [0.3, 0.4) is 0 Å². The number of fused-ring (bicyclic) bond motifs is 2. The van der Waals surface area contributed by atoms with E-state index in [1.54, 1.807) is 26.1 Å². The molecule has 0 radical (unpaired) electrons. The number of anilines is 1. The lowest BCUT2D eigenvalue weighted by atomic mass is 9.89. The minimum Gasteiger partial charge on any atom is -0.493 e. The predicted molar refractivity (Wildman–Crippen MR) is 170 cm³/mol. The van der Waals surface area contributed by atoms with Gasteiger partial charge in [0.1, 0.15) is 40.8 Å². The lowest BCUT2D eigenvalue weighted by molar-refractivity contribution is -0.167. The van der Waals surface area contributed by atoms with Gasteiger partial charge in [0.25, 0.3) is 11.5 Å². The molecule has 2 unspecified atom stereocenters. The van der Waals surface area contributed by atoms with E-state index in [1.165, 1.54) is 22.8 Å². The van der Waals surface area contributed by atoms with Gasteiger partial charge in [-0.2, -0.15) is 13.2 Å². The third-order valence-electron chi connectivity index (χ3n) is 9.18. The van der Waals surface area contributed by atoms with E-state index >= 15 is 8.78 Å². The van der Waals surface area contributed by atoms with Crippen molar-refractivity contribution in [1.82, 2.24) is 9.88 Å². The molecule has 2 aliphatic rings. The zero-order valence-electron chi connectivity index (χ0n) is 26.8. The molecule has 0 saturated carbocycles. The van der Waals surface area contributed by atoms with Gasteiger partial charge in [-0.25, -0.2) is 18.0 Å². The number of rotatable bonds is 7. The van der Waals surface area contributed by atoms with E-state index in [1.807, 2.05) is 0 Å². The van der Waals surface area contributed by atoms with Crippen LogP contribution < -0.4 is 20.5 Å². The Kier molecular flexibility index (Phi) is 9.29. The Hall–Kier alpha value is -5.05. The normalized spacial score (nSPS) is 16.9. The van der Waals surface area contributed by atoms with Gasteiger partial charge in [-0.3, -0.25) is 9.59 Å². The molecule has 1 aromatic heterocycles. The molecule has 4 aromatic rings. The van der Waals surface area contributed by atoms with Crippen LogP contribution in [0.2, 0.25) is 0 Å². The monoisotopic (exact) mass is 703 g/mol. The van der Waals surface area contributed by atoms with Crippen LogP contribution in [0.4, 0.5) is 32.0 Å². The summed E-state index contributed by atoms with van der Waals surface area (Å²) in [5, 5.41) is 12.7. The highest BCUT2D eigenvalue weighted by Gasteiger charge is 2.46. The number of aromatic nitrogens is 1. The van der Waals surface area contributed by atoms with E-state index in [0.29, 0.717) is 70.5 Å². The minimum atomic E-state index is -4.76. The van der Waals surface area contributed by atoms with E-state index in [-0.39, 0.29) is 30.7 Å². The van der Waals surface area contributed by atoms with Crippen molar-refractivity contribution in [2.24, 2.45) is 7.05 Å². The van der Waals surface area contributed by atoms with Crippen LogP contribution in [0.15, 0.2) is 47.3 Å². The SMILES string of the molecule is Cc1c(-c2ccc(CC(NC(=O)c3c(F)cc(N4CCOCC4C(F)(F)F)cc3F)C(=O)O)c3c2OCCC3)c(=O)n(C)c2ccc(F)cc12. The van der Waals surface area contributed by atoms with Crippen molar-refractivity contribution in [2.75, 3.05) is 31.3 Å². The first-order chi connectivity index (χ1) is 23.7. The van der Waals surface area contributed by atoms with Gasteiger partial charge < -0.3 is 29.4 Å². The molecule has 9 nitrogen and oxygen atoms in total. The number of morpholine rings is 1. The fourth-order valence-electron chi connectivity index (χ4n) is 6.69. The van der Waals surface area contributed by atoms with Crippen LogP contribution in [-0.2, 0) is 29.4 Å². The Bertz CT molecular complexity index is 2060. The number of halogens is 6. The van der Waals surface area contributed by atoms with Crippen molar-refractivity contribution in [3.8, 4) is 16.9 Å². The molecule has 0 bridgehead atoms. The van der Waals surface area contributed by atoms with Crippen molar-refractivity contribution >= 4 is 28.5 Å². The number of carboxylic acids is 1. The number of hydrogen-bond donors (Lipinski definition) is 2. The number of hydrogen-bond acceptors (Lipinski definition) is 6. The second kappa shape index (κ2) is 13.3. The third kappa shape index (κ3) is 6.37. The largest absolute Gasteiger partial charge is 0.493 e. The van der Waals surface area contributed by atoms with Crippen molar-refractivity contribution < 1.29 is 50.5 Å². The number of aliphatic carboxylic acids is 1. The Morgan fingerprint density at radius 2 is 1.78 bits per heavy atom. The average Bonchev–Trinajstić information content (AvgIpc) is 3.07. The fraction of sp³-hybridized carbons (Fsp3) is 0.343. The summed E-state index contributed by atoms with van der Waals surface area (Å²) in [6.07, 6.45) is -4.13. The first-order valence-electron chi connectivity index (χ1n) is 15.7. The topological polar surface area (TPSA) is 110 Å². The molecule has 0 aliphatic carbocycles. The van der Waals surface area contributed by atoms with Gasteiger partial charge in [0.15, 0.2) is 0 Å². The van der Waals surface area contributed by atoms with E-state index in [0.717, 1.165) is 4.90 Å². The van der Waals surface area contributed by atoms with Crippen molar-refractivity contribution in [2.45, 2.75) is 44.4 Å². The Labute approximate surface area is 281 Å². The summed E-state index contributed by atoms with van der Waals surface area (Å²) in [7, 11) is 1.56. The van der Waals surface area contributed by atoms with Gasteiger partial charge >= 0.3 is 12.1 Å². The van der Waals surface area contributed by atoms with E-state index in [9.17, 15) is 37.1 Å². The predicted octanol–water partition coefficient (Wildman–Crippen LogP) is 5.45. The number of carbonyl (C=O) groups is 2. The summed E-state index contributed by atoms with van der Waals surface area (Å²) in [5.74, 6) is -6.05. The van der Waals surface area contributed by atoms with Crippen LogP contribution >= 0.6 is 0 Å². The lowest BCUT2D eigenvalue weighted by Crippen LogP contribution is -2.53. The summed E-state index contributed by atoms with van der Waals surface area (Å²) < 4.78 is 97.6. The molecule has 15 heteroatoms. The maximum Gasteiger partial charge on any atom is 0.411 e. The first-order valence-corrected chi connectivity index (χ1v) is 15.7. The smallest absolute Gasteiger partial charge is 0.411 e. The molecule has 1 amide bonds. The van der Waals surface area contributed by atoms with Gasteiger partial charge in [-0.15, -0.1) is 0 Å². The maximum atomic E-state index is 15.2. The number of alkyl halides is 3. The molecule has 264 valence electrons. The van der Waals surface area contributed by atoms with E-state index < -0.39 is 65.4 Å². The molecule has 3 aromatic carbocycles. The number of aryl methyl sites for hydroxylation is 2. The van der Waals surface area contributed by atoms with Crippen LogP contribution in [0.25, 0.3) is 22.0 Å². The number of nitrogens with zero attached hydrogens (tertiary/aromatic N) is 2. The zero-order chi connectivity index (χ0) is 36.1. The van der Waals surface area contributed by atoms with Crippen molar-refractivity contribution in [3.63, 3.8) is 0 Å². The molecule has 2 atom stereocenters. The van der Waals surface area contributed by atoms with Gasteiger partial charge in [0.05, 0.1) is 30.9 Å². The second-order valence-electron chi connectivity index (χ2n) is 12.2. The second-order valence-corrected chi connectivity index (χ2v) is 12.2. The highest BCUT2D eigenvalue weighted by Crippen LogP contribution is 2.40. The van der Waals surface area contributed by atoms with Crippen LogP contribution in [0.1, 0.15) is 33.5 Å². The summed E-state index contributed by atoms with van der Waals surface area (Å²) in [5.41, 5.74) is 0.757. The summed E-state index contributed by atoms with van der Waals surface area (Å²) in [6.45, 7) is 0.816. The van der Waals surface area contributed by atoms with Crippen molar-refractivity contribution in [3.05, 3.63) is 92.5 Å². The van der Waals surface area contributed by atoms with Crippen LogP contribution in [-0.4, -0.2) is 66.2 Å². The molecular weight excluding hydrogens is 672 g/mol. The molecule has 2 N–H and O–H groups in total. The molecular formula is C35H31F6N3O6. The van der Waals surface area contributed by atoms with Crippen LogP contribution in [0, 0.1) is 24.4 Å². The first kappa shape index (κ1) is 34.8. The number of nitrogens with one attached hydrogen (secondary N) is 1. The molecule has 6 rings (SSSR count). The highest BCUT2D eigenvalue weighted by molar-refractivity contribution is 5.97. The van der Waals surface area contributed by atoms with Gasteiger partial charge in [0.2, 0.25) is 0 Å². The highest BCUT2D eigenvalue weighted by atomic mass is 19.4. The minimum absolute atomic E-state index is 0.118. The standard InChI is InChI=1S/C35H31F6N3O6/c1-17-23-13-19(36)6-8-27(23)43(2)33(46)29(17)22-7-5-18(21-4-3-10-50-31(21)22)12-26(34(47)48)42-32(45)30-24(37)14-20(15-25(30)38)44-9-11-49-16-28(44)35(39,40)41/h5-8,13-15,26,28H,3-4,9-12,16H2,1-2H3,(H,42,45)(H,47,48). The number of amides is 1. The van der Waals surface area contributed by atoms with Crippen molar-refractivity contribution in [1.29, 1.82) is 0 Å². The number of carbonyl (C=O) groups excluding carboxylic acids is 1. The van der Waals surface area contributed by atoms with Crippen LogP contribution in [0.5, 0.6) is 5.75 Å². The van der Waals surface area contributed by atoms with Gasteiger partial charge in [-0.05, 0) is 66.8 Å². The molecule has 50 heavy (non-hydrogen) atoms. The Morgan fingerprint density at radius 1 is 1.06 bits per heavy atom. The zero-order valence-corrected chi connectivity index (χ0v) is 26.8. The summed E-state index contributed by atoms with van der Waals surface area (Å²) in [6, 6.07) is 4.59. The fourth-order valence-corrected chi connectivity index (χ4v) is 6.69. The molecule has 0 spiro atoms. The summed E-state index contributed by atoms with van der Waals surface area (Å²) >= 11 is 0. The number of pyridine rings is 1. The maximum absolute atomic E-state index is 15.2. The quantitative estimate of drug-likeness (QED) is 0.247. The van der Waals surface area contributed by atoms with Gasteiger partial charge in [0, 0.05) is 36.7 Å².